The number of hydrogen-bond donors (Lipinski definition) is 1. The topological polar surface area (TPSA) is 53.2 Å². The van der Waals surface area contributed by atoms with Crippen molar-refractivity contribution in [2.75, 3.05) is 45.2 Å². The molecular weight excluding hydrogens is 328 g/mol. The highest BCUT2D eigenvalue weighted by Crippen LogP contribution is 2.22. The Morgan fingerprint density at radius 3 is 2.58 bits per heavy atom. The molecule has 0 amide bonds. The summed E-state index contributed by atoms with van der Waals surface area (Å²) in [6, 6.07) is 10.3. The molecule has 2 aromatic rings. The fourth-order valence-electron chi connectivity index (χ4n) is 3.35. The van der Waals surface area contributed by atoms with Crippen LogP contribution in [0.25, 0.3) is 0 Å². The van der Waals surface area contributed by atoms with E-state index < -0.39 is 0 Å². The third-order valence-electron chi connectivity index (χ3n) is 4.79. The Morgan fingerprint density at radius 1 is 1.19 bits per heavy atom. The molecule has 1 N–H and O–H groups in total. The zero-order chi connectivity index (χ0) is 18.5. The number of benzene rings is 1. The number of methoxy groups -OCH3 is 1. The average molecular weight is 356 g/mol. The van der Waals surface area contributed by atoms with E-state index >= 15 is 0 Å². The number of anilines is 1. The lowest BCUT2D eigenvalue weighted by Gasteiger charge is -2.37. The van der Waals surface area contributed by atoms with Crippen LogP contribution < -0.4 is 15.0 Å². The summed E-state index contributed by atoms with van der Waals surface area (Å²) < 4.78 is 10.9. The van der Waals surface area contributed by atoms with Crippen LogP contribution in [0.4, 0.5) is 5.69 Å². The van der Waals surface area contributed by atoms with Gasteiger partial charge >= 0.3 is 0 Å². The number of nitrogens with one attached hydrogen (secondary N) is 1. The zero-order valence-electron chi connectivity index (χ0n) is 16.1. The van der Waals surface area contributed by atoms with E-state index in [1.165, 1.54) is 11.3 Å². The number of rotatable bonds is 4. The van der Waals surface area contributed by atoms with Gasteiger partial charge in [0.2, 0.25) is 0 Å². The van der Waals surface area contributed by atoms with Crippen LogP contribution in [0.5, 0.6) is 5.75 Å². The number of ether oxygens (including phenoxy) is 1. The Balaban J connectivity index is 1.56. The molecule has 0 atom stereocenters. The Kier molecular flexibility index (Phi) is 5.71. The van der Waals surface area contributed by atoms with Gasteiger partial charge in [0.05, 0.1) is 7.11 Å². The molecule has 1 aromatic carbocycles. The van der Waals surface area contributed by atoms with Crippen molar-refractivity contribution in [2.24, 2.45) is 4.99 Å². The van der Waals surface area contributed by atoms with Crippen molar-refractivity contribution in [3.8, 4) is 5.75 Å². The number of piperazine rings is 1. The van der Waals surface area contributed by atoms with Crippen LogP contribution in [0.15, 0.2) is 39.7 Å². The van der Waals surface area contributed by atoms with Crippen molar-refractivity contribution in [2.45, 2.75) is 20.4 Å². The fourth-order valence-corrected chi connectivity index (χ4v) is 3.35. The first kappa shape index (κ1) is 18.2. The molecule has 1 fully saturated rings. The van der Waals surface area contributed by atoms with E-state index in [4.69, 9.17) is 9.15 Å². The Bertz CT molecular complexity index is 761. The van der Waals surface area contributed by atoms with E-state index in [1.807, 2.05) is 33.0 Å². The minimum atomic E-state index is 0.728. The molecule has 1 aromatic heterocycles. The SMILES string of the molecule is CN=C(NCc1cc(C)oc1C)N1CCN(c2cccc(OC)c2)CC1. The third-order valence-corrected chi connectivity index (χ3v) is 4.79. The summed E-state index contributed by atoms with van der Waals surface area (Å²) in [5.41, 5.74) is 2.38. The predicted octanol–water partition coefficient (Wildman–Crippen LogP) is 2.80. The van der Waals surface area contributed by atoms with Crippen LogP contribution in [0.3, 0.4) is 0 Å². The largest absolute Gasteiger partial charge is 0.497 e. The van der Waals surface area contributed by atoms with Gasteiger partial charge in [0.15, 0.2) is 5.96 Å². The molecule has 2 heterocycles. The van der Waals surface area contributed by atoms with Crippen LogP contribution in [-0.2, 0) is 6.54 Å². The quantitative estimate of drug-likeness (QED) is 0.674. The molecule has 0 bridgehead atoms. The summed E-state index contributed by atoms with van der Waals surface area (Å²) in [7, 11) is 3.54. The maximum atomic E-state index is 5.60. The molecule has 3 rings (SSSR count). The molecule has 0 spiro atoms. The number of nitrogens with zero attached hydrogens (tertiary/aromatic N) is 3. The maximum absolute atomic E-state index is 5.60. The summed E-state index contributed by atoms with van der Waals surface area (Å²) in [5, 5.41) is 3.46. The number of aryl methyl sites for hydroxylation is 2. The lowest BCUT2D eigenvalue weighted by atomic mass is 10.2. The molecule has 1 saturated heterocycles. The standard InChI is InChI=1S/C20H28N4O2/c1-15-12-17(16(2)26-15)14-22-20(21-3)24-10-8-23(9-11-24)18-6-5-7-19(13-18)25-4/h5-7,12-13H,8-11,14H2,1-4H3,(H,21,22). The van der Waals surface area contributed by atoms with Gasteiger partial charge in [-0.15, -0.1) is 0 Å². The molecule has 0 saturated carbocycles. The van der Waals surface area contributed by atoms with Gasteiger partial charge in [0.1, 0.15) is 17.3 Å². The van der Waals surface area contributed by atoms with Crippen molar-refractivity contribution in [3.05, 3.63) is 47.4 Å². The van der Waals surface area contributed by atoms with Gasteiger partial charge in [-0.1, -0.05) is 6.07 Å². The van der Waals surface area contributed by atoms with Gasteiger partial charge in [-0.25, -0.2) is 0 Å². The minimum absolute atomic E-state index is 0.728. The summed E-state index contributed by atoms with van der Waals surface area (Å²) >= 11 is 0. The smallest absolute Gasteiger partial charge is 0.194 e. The molecule has 0 unspecified atom stereocenters. The van der Waals surface area contributed by atoms with Crippen molar-refractivity contribution in [1.29, 1.82) is 0 Å². The summed E-state index contributed by atoms with van der Waals surface area (Å²) in [5.74, 6) is 3.75. The highest BCUT2D eigenvalue weighted by Gasteiger charge is 2.20. The first-order valence-corrected chi connectivity index (χ1v) is 9.01. The van der Waals surface area contributed by atoms with Crippen molar-refractivity contribution in [3.63, 3.8) is 0 Å². The summed E-state index contributed by atoms with van der Waals surface area (Å²) in [4.78, 5) is 9.14. The Hall–Kier alpha value is -2.63. The molecule has 140 valence electrons. The maximum Gasteiger partial charge on any atom is 0.194 e. The number of hydrogen-bond acceptors (Lipinski definition) is 4. The molecule has 0 radical (unpaired) electrons. The highest BCUT2D eigenvalue weighted by atomic mass is 16.5. The van der Waals surface area contributed by atoms with E-state index in [0.717, 1.165) is 56.0 Å². The van der Waals surface area contributed by atoms with Gasteiger partial charge in [0, 0.05) is 57.1 Å². The average Bonchev–Trinajstić information content (AvgIpc) is 3.00. The van der Waals surface area contributed by atoms with Crippen LogP contribution in [0, 0.1) is 13.8 Å². The zero-order valence-corrected chi connectivity index (χ0v) is 16.1. The van der Waals surface area contributed by atoms with Crippen molar-refractivity contribution < 1.29 is 9.15 Å². The van der Waals surface area contributed by atoms with E-state index in [9.17, 15) is 0 Å². The summed E-state index contributed by atoms with van der Waals surface area (Å²) in [6.07, 6.45) is 0. The molecule has 6 heteroatoms. The Morgan fingerprint density at radius 2 is 1.96 bits per heavy atom. The Labute approximate surface area is 155 Å². The van der Waals surface area contributed by atoms with Crippen molar-refractivity contribution in [1.82, 2.24) is 10.2 Å². The molecule has 1 aliphatic rings. The molecule has 1 aliphatic heterocycles. The molecule has 26 heavy (non-hydrogen) atoms. The first-order valence-electron chi connectivity index (χ1n) is 9.01. The van der Waals surface area contributed by atoms with E-state index in [1.54, 1.807) is 7.11 Å². The monoisotopic (exact) mass is 356 g/mol. The van der Waals surface area contributed by atoms with Crippen LogP contribution in [0.1, 0.15) is 17.1 Å². The predicted molar refractivity (Wildman–Crippen MR) is 105 cm³/mol. The second-order valence-electron chi connectivity index (χ2n) is 6.51. The number of furan rings is 1. The molecule has 0 aliphatic carbocycles. The van der Waals surface area contributed by atoms with Crippen molar-refractivity contribution >= 4 is 11.6 Å². The lowest BCUT2D eigenvalue weighted by Crippen LogP contribution is -2.52. The van der Waals surface area contributed by atoms with E-state index in [-0.39, 0.29) is 0 Å². The second-order valence-corrected chi connectivity index (χ2v) is 6.51. The number of aliphatic imine (C=N–C) groups is 1. The summed E-state index contributed by atoms with van der Waals surface area (Å²) in [6.45, 7) is 8.48. The normalized spacial score (nSPS) is 15.3. The van der Waals surface area contributed by atoms with Gasteiger partial charge in [0.25, 0.3) is 0 Å². The van der Waals surface area contributed by atoms with Crippen LogP contribution in [0.2, 0.25) is 0 Å². The number of guanidine groups is 1. The third kappa shape index (κ3) is 4.12. The van der Waals surface area contributed by atoms with E-state index in [0.29, 0.717) is 0 Å². The molecule has 6 nitrogen and oxygen atoms in total. The van der Waals surface area contributed by atoms with Gasteiger partial charge in [-0.3, -0.25) is 4.99 Å². The molecular formula is C20H28N4O2. The van der Waals surface area contributed by atoms with Crippen LogP contribution >= 0.6 is 0 Å². The highest BCUT2D eigenvalue weighted by molar-refractivity contribution is 5.80. The lowest BCUT2D eigenvalue weighted by molar-refractivity contribution is 0.371. The first-order chi connectivity index (χ1) is 12.6. The second kappa shape index (κ2) is 8.17. The minimum Gasteiger partial charge on any atom is -0.497 e. The van der Waals surface area contributed by atoms with Gasteiger partial charge < -0.3 is 24.3 Å². The fraction of sp³-hybridized carbons (Fsp3) is 0.450. The van der Waals surface area contributed by atoms with Gasteiger partial charge in [-0.05, 0) is 32.0 Å². The van der Waals surface area contributed by atoms with E-state index in [2.05, 4.69) is 38.3 Å². The van der Waals surface area contributed by atoms with Crippen LogP contribution in [-0.4, -0.2) is 51.2 Å². The van der Waals surface area contributed by atoms with Gasteiger partial charge in [-0.2, -0.15) is 0 Å².